The van der Waals surface area contributed by atoms with Crippen LogP contribution in [-0.2, 0) is 25.5 Å². The SMILES string of the molecule is CC(C)(C)OC(=O)NC(Cc1ccccc1)C(=O)OC1CCCC1=O. The first-order valence-corrected chi connectivity index (χ1v) is 8.51. The Bertz CT molecular complexity index is 620. The average Bonchev–Trinajstić information content (AvgIpc) is 2.91. The summed E-state index contributed by atoms with van der Waals surface area (Å²) in [5.74, 6) is -0.681. The van der Waals surface area contributed by atoms with E-state index in [0.29, 0.717) is 12.8 Å². The molecule has 25 heavy (non-hydrogen) atoms. The van der Waals surface area contributed by atoms with E-state index in [1.165, 1.54) is 0 Å². The number of Topliss-reactive ketones (excluding diaryl/α,β-unsaturated/α-hetero) is 1. The lowest BCUT2D eigenvalue weighted by Crippen LogP contribution is -2.46. The van der Waals surface area contributed by atoms with Gasteiger partial charge in [-0.1, -0.05) is 30.3 Å². The van der Waals surface area contributed by atoms with E-state index in [1.807, 2.05) is 30.3 Å². The van der Waals surface area contributed by atoms with Crippen molar-refractivity contribution in [1.29, 1.82) is 0 Å². The molecule has 2 unspecified atom stereocenters. The number of nitrogens with one attached hydrogen (secondary N) is 1. The molecule has 136 valence electrons. The molecule has 1 aliphatic rings. The highest BCUT2D eigenvalue weighted by atomic mass is 16.6. The Balaban J connectivity index is 2.06. The Labute approximate surface area is 147 Å². The summed E-state index contributed by atoms with van der Waals surface area (Å²) in [4.78, 5) is 36.3. The zero-order chi connectivity index (χ0) is 18.4. The van der Waals surface area contributed by atoms with E-state index < -0.39 is 29.8 Å². The van der Waals surface area contributed by atoms with Gasteiger partial charge in [-0.05, 0) is 39.2 Å². The maximum Gasteiger partial charge on any atom is 0.408 e. The number of amides is 1. The van der Waals surface area contributed by atoms with Crippen molar-refractivity contribution in [3.8, 4) is 0 Å². The standard InChI is InChI=1S/C19H25NO5/c1-19(2,3)25-18(23)20-14(12-13-8-5-4-6-9-13)17(22)24-16-11-7-10-15(16)21/h4-6,8-9,14,16H,7,10-12H2,1-3H3,(H,20,23). The Hall–Kier alpha value is -2.37. The third-order valence-corrected chi connectivity index (χ3v) is 3.77. The molecule has 1 aliphatic carbocycles. The van der Waals surface area contributed by atoms with E-state index in [0.717, 1.165) is 12.0 Å². The number of alkyl carbamates (subject to hydrolysis) is 1. The summed E-state index contributed by atoms with van der Waals surface area (Å²) in [5.41, 5.74) is 0.199. The van der Waals surface area contributed by atoms with Gasteiger partial charge in [0.2, 0.25) is 0 Å². The topological polar surface area (TPSA) is 81.7 Å². The quantitative estimate of drug-likeness (QED) is 0.828. The Morgan fingerprint density at radius 3 is 2.48 bits per heavy atom. The third kappa shape index (κ3) is 6.21. The zero-order valence-electron chi connectivity index (χ0n) is 14.9. The molecule has 1 aromatic carbocycles. The first-order chi connectivity index (χ1) is 11.7. The molecule has 0 saturated heterocycles. The molecule has 0 bridgehead atoms. The molecule has 1 fully saturated rings. The summed E-state index contributed by atoms with van der Waals surface area (Å²) in [6, 6.07) is 8.38. The first kappa shape index (κ1) is 19.0. The van der Waals surface area contributed by atoms with Gasteiger partial charge in [-0.2, -0.15) is 0 Å². The number of esters is 1. The highest BCUT2D eigenvalue weighted by Gasteiger charge is 2.32. The van der Waals surface area contributed by atoms with Gasteiger partial charge in [0, 0.05) is 12.8 Å². The summed E-state index contributed by atoms with van der Waals surface area (Å²) in [7, 11) is 0. The molecule has 0 heterocycles. The molecule has 6 heteroatoms. The molecule has 2 atom stereocenters. The van der Waals surface area contributed by atoms with Crippen molar-refractivity contribution in [2.75, 3.05) is 0 Å². The van der Waals surface area contributed by atoms with E-state index in [4.69, 9.17) is 9.47 Å². The normalized spacial score (nSPS) is 18.5. The lowest BCUT2D eigenvalue weighted by molar-refractivity contribution is -0.155. The molecule has 1 saturated carbocycles. The minimum Gasteiger partial charge on any atom is -0.453 e. The summed E-state index contributed by atoms with van der Waals surface area (Å²) in [6.07, 6.45) is 0.560. The van der Waals surface area contributed by atoms with Crippen LogP contribution in [0.5, 0.6) is 0 Å². The van der Waals surface area contributed by atoms with Crippen molar-refractivity contribution < 1.29 is 23.9 Å². The molecular formula is C19H25NO5. The fourth-order valence-electron chi connectivity index (χ4n) is 2.62. The van der Waals surface area contributed by atoms with Crippen LogP contribution in [0.15, 0.2) is 30.3 Å². The van der Waals surface area contributed by atoms with Gasteiger partial charge >= 0.3 is 12.1 Å². The van der Waals surface area contributed by atoms with Gasteiger partial charge < -0.3 is 14.8 Å². The van der Waals surface area contributed by atoms with Gasteiger partial charge in [0.15, 0.2) is 11.9 Å². The maximum atomic E-state index is 12.5. The molecule has 0 radical (unpaired) electrons. The minimum absolute atomic E-state index is 0.0657. The number of carbonyl (C=O) groups excluding carboxylic acids is 3. The van der Waals surface area contributed by atoms with Crippen LogP contribution in [-0.4, -0.2) is 35.6 Å². The van der Waals surface area contributed by atoms with E-state index >= 15 is 0 Å². The first-order valence-electron chi connectivity index (χ1n) is 8.51. The van der Waals surface area contributed by atoms with Gasteiger partial charge in [0.05, 0.1) is 0 Å². The fraction of sp³-hybridized carbons (Fsp3) is 0.526. The molecule has 1 amide bonds. The van der Waals surface area contributed by atoms with Crippen molar-refractivity contribution in [3.05, 3.63) is 35.9 Å². The number of benzene rings is 1. The van der Waals surface area contributed by atoms with Crippen LogP contribution in [0.3, 0.4) is 0 Å². The summed E-state index contributed by atoms with van der Waals surface area (Å²) in [5, 5.41) is 2.56. The number of carbonyl (C=O) groups is 3. The largest absolute Gasteiger partial charge is 0.453 e. The van der Waals surface area contributed by atoms with E-state index in [-0.39, 0.29) is 12.2 Å². The Morgan fingerprint density at radius 2 is 1.92 bits per heavy atom. The van der Waals surface area contributed by atoms with Crippen molar-refractivity contribution in [3.63, 3.8) is 0 Å². The van der Waals surface area contributed by atoms with Crippen LogP contribution in [0, 0.1) is 0 Å². The van der Waals surface area contributed by atoms with Crippen LogP contribution in [0.4, 0.5) is 4.79 Å². The molecule has 2 rings (SSSR count). The lowest BCUT2D eigenvalue weighted by atomic mass is 10.1. The maximum absolute atomic E-state index is 12.5. The predicted molar refractivity (Wildman–Crippen MR) is 92.0 cm³/mol. The summed E-state index contributed by atoms with van der Waals surface area (Å²) >= 11 is 0. The van der Waals surface area contributed by atoms with Crippen LogP contribution in [0.2, 0.25) is 0 Å². The van der Waals surface area contributed by atoms with Crippen molar-refractivity contribution >= 4 is 17.8 Å². The number of ketones is 1. The van der Waals surface area contributed by atoms with Gasteiger partial charge in [-0.25, -0.2) is 9.59 Å². The van der Waals surface area contributed by atoms with Crippen molar-refractivity contribution in [2.24, 2.45) is 0 Å². The number of ether oxygens (including phenoxy) is 2. The molecule has 0 aliphatic heterocycles. The molecule has 6 nitrogen and oxygen atoms in total. The van der Waals surface area contributed by atoms with Crippen molar-refractivity contribution in [1.82, 2.24) is 5.32 Å². The molecule has 1 aromatic rings. The smallest absolute Gasteiger partial charge is 0.408 e. The predicted octanol–water partition coefficient (Wildman–Crippen LogP) is 2.79. The molecule has 1 N–H and O–H groups in total. The molecule has 0 spiro atoms. The number of hydrogen-bond acceptors (Lipinski definition) is 5. The molecule has 0 aromatic heterocycles. The lowest BCUT2D eigenvalue weighted by Gasteiger charge is -2.23. The number of hydrogen-bond donors (Lipinski definition) is 1. The fourth-order valence-corrected chi connectivity index (χ4v) is 2.62. The number of rotatable bonds is 5. The van der Waals surface area contributed by atoms with Crippen molar-refractivity contribution in [2.45, 2.75) is 64.2 Å². The average molecular weight is 347 g/mol. The minimum atomic E-state index is -0.911. The van der Waals surface area contributed by atoms with E-state index in [1.54, 1.807) is 20.8 Å². The van der Waals surface area contributed by atoms with Gasteiger partial charge in [0.1, 0.15) is 11.6 Å². The highest BCUT2D eigenvalue weighted by molar-refractivity contribution is 5.89. The second kappa shape index (κ2) is 8.14. The summed E-state index contributed by atoms with van der Waals surface area (Å²) in [6.45, 7) is 5.23. The third-order valence-electron chi connectivity index (χ3n) is 3.77. The van der Waals surface area contributed by atoms with Gasteiger partial charge in [-0.3, -0.25) is 4.79 Å². The second-order valence-electron chi connectivity index (χ2n) is 7.17. The van der Waals surface area contributed by atoms with E-state index in [9.17, 15) is 14.4 Å². The van der Waals surface area contributed by atoms with Crippen LogP contribution < -0.4 is 5.32 Å². The van der Waals surface area contributed by atoms with Crippen LogP contribution >= 0.6 is 0 Å². The van der Waals surface area contributed by atoms with E-state index in [2.05, 4.69) is 5.32 Å². The highest BCUT2D eigenvalue weighted by Crippen LogP contribution is 2.19. The van der Waals surface area contributed by atoms with Gasteiger partial charge in [0.25, 0.3) is 0 Å². The van der Waals surface area contributed by atoms with Crippen LogP contribution in [0.1, 0.15) is 45.6 Å². The second-order valence-corrected chi connectivity index (χ2v) is 7.17. The Kier molecular flexibility index (Phi) is 6.17. The zero-order valence-corrected chi connectivity index (χ0v) is 14.9. The molecular weight excluding hydrogens is 322 g/mol. The summed E-state index contributed by atoms with van der Waals surface area (Å²) < 4.78 is 10.6. The monoisotopic (exact) mass is 347 g/mol. The van der Waals surface area contributed by atoms with Crippen LogP contribution in [0.25, 0.3) is 0 Å². The Morgan fingerprint density at radius 1 is 1.24 bits per heavy atom. The van der Waals surface area contributed by atoms with Gasteiger partial charge in [-0.15, -0.1) is 0 Å².